The highest BCUT2D eigenvalue weighted by Crippen LogP contribution is 2.30. The lowest BCUT2D eigenvalue weighted by atomic mass is 9.98. The Balaban J connectivity index is 1.65. The molecule has 26 heavy (non-hydrogen) atoms. The van der Waals surface area contributed by atoms with E-state index in [-0.39, 0.29) is 0 Å². The van der Waals surface area contributed by atoms with Crippen LogP contribution >= 0.6 is 11.6 Å². The summed E-state index contributed by atoms with van der Waals surface area (Å²) < 4.78 is 5.51. The second-order valence-corrected chi connectivity index (χ2v) is 7.41. The molecule has 4 rings (SSSR count). The first-order valence-corrected chi connectivity index (χ1v) is 9.82. The van der Waals surface area contributed by atoms with Gasteiger partial charge in [0.1, 0.15) is 0 Å². The summed E-state index contributed by atoms with van der Waals surface area (Å²) in [6, 6.07) is 15.1. The third-order valence-corrected chi connectivity index (χ3v) is 5.48. The van der Waals surface area contributed by atoms with Crippen LogP contribution in [0.5, 0.6) is 0 Å². The molecular weight excluding hydrogens is 346 g/mol. The zero-order valence-electron chi connectivity index (χ0n) is 15.1. The number of nitrogens with one attached hydrogen (secondary N) is 1. The van der Waals surface area contributed by atoms with E-state index < -0.39 is 0 Å². The molecule has 2 heterocycles. The maximum Gasteiger partial charge on any atom is 0.0642 e. The van der Waals surface area contributed by atoms with Crippen LogP contribution < -0.4 is 10.2 Å². The van der Waals surface area contributed by atoms with Gasteiger partial charge in [-0.25, -0.2) is 0 Å². The first-order chi connectivity index (χ1) is 12.8. The van der Waals surface area contributed by atoms with Crippen molar-refractivity contribution in [2.45, 2.75) is 6.54 Å². The number of hydrogen-bond donors (Lipinski definition) is 1. The summed E-state index contributed by atoms with van der Waals surface area (Å²) in [6.45, 7) is 8.87. The van der Waals surface area contributed by atoms with Crippen molar-refractivity contribution >= 4 is 17.3 Å². The number of anilines is 1. The molecule has 0 amide bonds. The number of benzene rings is 2. The van der Waals surface area contributed by atoms with E-state index in [9.17, 15) is 0 Å². The highest BCUT2D eigenvalue weighted by Gasteiger charge is 2.17. The number of nitrogens with zero attached hydrogens (tertiary/aromatic N) is 2. The van der Waals surface area contributed by atoms with Gasteiger partial charge < -0.3 is 15.0 Å². The average molecular weight is 372 g/mol. The minimum atomic E-state index is 0.780. The summed E-state index contributed by atoms with van der Waals surface area (Å²) in [5.41, 5.74) is 5.22. The van der Waals surface area contributed by atoms with Gasteiger partial charge in [0.05, 0.1) is 13.2 Å². The quantitative estimate of drug-likeness (QED) is 0.892. The number of halogens is 1. The molecule has 2 aliphatic heterocycles. The molecule has 4 nitrogen and oxygen atoms in total. The molecule has 0 spiro atoms. The van der Waals surface area contributed by atoms with Crippen molar-refractivity contribution in [1.29, 1.82) is 0 Å². The largest absolute Gasteiger partial charge is 0.378 e. The molecule has 138 valence electrons. The van der Waals surface area contributed by atoms with Crippen molar-refractivity contribution in [3.05, 3.63) is 53.1 Å². The smallest absolute Gasteiger partial charge is 0.0642 e. The molecule has 1 N–H and O–H groups in total. The van der Waals surface area contributed by atoms with Crippen LogP contribution in [0.3, 0.4) is 0 Å². The molecule has 2 aliphatic rings. The molecule has 0 saturated carbocycles. The molecule has 0 radical (unpaired) electrons. The van der Waals surface area contributed by atoms with Crippen LogP contribution in [-0.2, 0) is 11.3 Å². The lowest BCUT2D eigenvalue weighted by Crippen LogP contribution is -2.43. The molecule has 0 unspecified atom stereocenters. The molecule has 2 aromatic rings. The second-order valence-electron chi connectivity index (χ2n) is 6.97. The van der Waals surface area contributed by atoms with Gasteiger partial charge in [-0.15, -0.1) is 0 Å². The number of piperazine rings is 1. The molecule has 0 bridgehead atoms. The average Bonchev–Trinajstić information content (AvgIpc) is 2.70. The summed E-state index contributed by atoms with van der Waals surface area (Å²) in [4.78, 5) is 4.96. The van der Waals surface area contributed by atoms with E-state index in [1.807, 2.05) is 12.1 Å². The minimum absolute atomic E-state index is 0.780. The zero-order valence-corrected chi connectivity index (χ0v) is 15.8. The lowest BCUT2D eigenvalue weighted by molar-refractivity contribution is 0.122. The fourth-order valence-electron chi connectivity index (χ4n) is 3.75. The van der Waals surface area contributed by atoms with Crippen molar-refractivity contribution < 1.29 is 4.74 Å². The molecule has 0 aromatic heterocycles. The third-order valence-electron chi connectivity index (χ3n) is 5.22. The molecule has 5 heteroatoms. The fourth-order valence-corrected chi connectivity index (χ4v) is 3.88. The van der Waals surface area contributed by atoms with E-state index >= 15 is 0 Å². The number of rotatable bonds is 4. The normalized spacial score (nSPS) is 18.9. The number of ether oxygens (including phenoxy) is 1. The van der Waals surface area contributed by atoms with Crippen LogP contribution in [0.25, 0.3) is 11.1 Å². The minimum Gasteiger partial charge on any atom is -0.378 e. The van der Waals surface area contributed by atoms with Gasteiger partial charge in [-0.3, -0.25) is 4.90 Å². The van der Waals surface area contributed by atoms with Crippen molar-refractivity contribution in [2.24, 2.45) is 0 Å². The highest BCUT2D eigenvalue weighted by molar-refractivity contribution is 6.30. The summed E-state index contributed by atoms with van der Waals surface area (Å²) in [5.74, 6) is 0. The van der Waals surface area contributed by atoms with Gasteiger partial charge in [0.2, 0.25) is 0 Å². The van der Waals surface area contributed by atoms with E-state index in [1.165, 1.54) is 22.4 Å². The Morgan fingerprint density at radius 3 is 2.38 bits per heavy atom. The van der Waals surface area contributed by atoms with Gasteiger partial charge in [-0.1, -0.05) is 29.8 Å². The van der Waals surface area contributed by atoms with Gasteiger partial charge in [-0.05, 0) is 41.0 Å². The Labute approximate surface area is 160 Å². The van der Waals surface area contributed by atoms with Crippen molar-refractivity contribution in [1.82, 2.24) is 10.2 Å². The molecule has 2 aromatic carbocycles. The predicted octanol–water partition coefficient (Wildman–Crippen LogP) is 3.25. The first-order valence-electron chi connectivity index (χ1n) is 9.44. The van der Waals surface area contributed by atoms with Crippen LogP contribution in [0.2, 0.25) is 5.02 Å². The fraction of sp³-hybridized carbons (Fsp3) is 0.429. The van der Waals surface area contributed by atoms with E-state index in [1.54, 1.807) is 0 Å². The van der Waals surface area contributed by atoms with Gasteiger partial charge in [-0.2, -0.15) is 0 Å². The van der Waals surface area contributed by atoms with Gasteiger partial charge in [0.25, 0.3) is 0 Å². The van der Waals surface area contributed by atoms with Crippen LogP contribution in [0.4, 0.5) is 5.69 Å². The van der Waals surface area contributed by atoms with Crippen LogP contribution in [-0.4, -0.2) is 57.4 Å². The molecular formula is C21H26ClN3O. The van der Waals surface area contributed by atoms with Gasteiger partial charge in [0.15, 0.2) is 0 Å². The lowest BCUT2D eigenvalue weighted by Gasteiger charge is -2.31. The molecule has 0 aliphatic carbocycles. The Morgan fingerprint density at radius 2 is 1.65 bits per heavy atom. The Bertz CT molecular complexity index is 723. The number of hydrogen-bond acceptors (Lipinski definition) is 4. The van der Waals surface area contributed by atoms with E-state index in [0.717, 1.165) is 64.0 Å². The third kappa shape index (κ3) is 4.21. The van der Waals surface area contributed by atoms with E-state index in [4.69, 9.17) is 16.3 Å². The maximum absolute atomic E-state index is 6.09. The first kappa shape index (κ1) is 17.8. The van der Waals surface area contributed by atoms with Gasteiger partial charge >= 0.3 is 0 Å². The Hall–Kier alpha value is -1.59. The number of morpholine rings is 1. The van der Waals surface area contributed by atoms with E-state index in [2.05, 4.69) is 45.4 Å². The highest BCUT2D eigenvalue weighted by atomic mass is 35.5. The summed E-state index contributed by atoms with van der Waals surface area (Å²) in [6.07, 6.45) is 0. The van der Waals surface area contributed by atoms with Crippen molar-refractivity contribution in [2.75, 3.05) is 57.4 Å². The summed E-state index contributed by atoms with van der Waals surface area (Å²) in [7, 11) is 0. The summed E-state index contributed by atoms with van der Waals surface area (Å²) in [5, 5.41) is 4.22. The van der Waals surface area contributed by atoms with Gasteiger partial charge in [0, 0.05) is 56.5 Å². The maximum atomic E-state index is 6.09. The topological polar surface area (TPSA) is 27.7 Å². The van der Waals surface area contributed by atoms with Crippen LogP contribution in [0, 0.1) is 0 Å². The Kier molecular flexibility index (Phi) is 5.75. The monoisotopic (exact) mass is 371 g/mol. The molecule has 2 saturated heterocycles. The molecule has 0 atom stereocenters. The second kappa shape index (κ2) is 8.40. The SMILES string of the molecule is Clc1ccc(-c2ccc(N3CCOCC3)cc2CN2CCNCC2)cc1. The zero-order chi connectivity index (χ0) is 17.8. The van der Waals surface area contributed by atoms with Crippen molar-refractivity contribution in [3.8, 4) is 11.1 Å². The van der Waals surface area contributed by atoms with E-state index in [0.29, 0.717) is 0 Å². The summed E-state index contributed by atoms with van der Waals surface area (Å²) >= 11 is 6.09. The Morgan fingerprint density at radius 1 is 0.923 bits per heavy atom. The van der Waals surface area contributed by atoms with Crippen LogP contribution in [0.1, 0.15) is 5.56 Å². The van der Waals surface area contributed by atoms with Crippen LogP contribution in [0.15, 0.2) is 42.5 Å². The van der Waals surface area contributed by atoms with Crippen molar-refractivity contribution in [3.63, 3.8) is 0 Å². The standard InChI is InChI=1S/C21H26ClN3O/c22-19-3-1-17(2-4-19)21-6-5-20(25-11-13-26-14-12-25)15-18(21)16-24-9-7-23-8-10-24/h1-6,15,23H,7-14,16H2. The molecule has 2 fully saturated rings. The predicted molar refractivity (Wildman–Crippen MR) is 108 cm³/mol.